The number of non-ortho nitro benzene ring substituents is 2. The number of hydrogen-bond acceptors (Lipinski definition) is 8. The Bertz CT molecular complexity index is 873. The summed E-state index contributed by atoms with van der Waals surface area (Å²) in [6.07, 6.45) is -0.927. The van der Waals surface area contributed by atoms with Crippen molar-refractivity contribution < 1.29 is 23.6 Å². The number of benzene rings is 2. The van der Waals surface area contributed by atoms with E-state index in [-0.39, 0.29) is 24.5 Å². The molecule has 1 aliphatic heterocycles. The second kappa shape index (κ2) is 8.67. The molecule has 2 aromatic rings. The van der Waals surface area contributed by atoms with Crippen LogP contribution in [-0.2, 0) is 15.5 Å². The quantitative estimate of drug-likeness (QED) is 0.371. The van der Waals surface area contributed by atoms with Gasteiger partial charge in [0.15, 0.2) is 0 Å². The van der Waals surface area contributed by atoms with Crippen molar-refractivity contribution in [2.24, 2.45) is 0 Å². The van der Waals surface area contributed by atoms with Crippen LogP contribution >= 0.6 is 12.0 Å². The lowest BCUT2D eigenvalue weighted by atomic mass is 10.2. The Kier molecular flexibility index (Phi) is 6.06. The predicted molar refractivity (Wildman–Crippen MR) is 98.7 cm³/mol. The molecule has 0 spiro atoms. The Morgan fingerprint density at radius 1 is 1.04 bits per heavy atom. The molecule has 0 aromatic heterocycles. The average Bonchev–Trinajstić information content (AvgIpc) is 3.02. The number of hydrogen-bond donors (Lipinski definition) is 0. The van der Waals surface area contributed by atoms with Gasteiger partial charge in [0.05, 0.1) is 16.4 Å². The van der Waals surface area contributed by atoms with Gasteiger partial charge in [0, 0.05) is 47.7 Å². The van der Waals surface area contributed by atoms with E-state index >= 15 is 0 Å². The Morgan fingerprint density at radius 2 is 1.61 bits per heavy atom. The number of cyclic esters (lactones) is 1. The van der Waals surface area contributed by atoms with Crippen LogP contribution < -0.4 is 0 Å². The molecule has 28 heavy (non-hydrogen) atoms. The molecule has 0 aliphatic carbocycles. The van der Waals surface area contributed by atoms with Crippen LogP contribution in [-0.4, -0.2) is 40.1 Å². The zero-order valence-electron chi connectivity index (χ0n) is 14.4. The van der Waals surface area contributed by atoms with Crippen LogP contribution in [0, 0.1) is 20.2 Å². The second-order valence-electron chi connectivity index (χ2n) is 5.93. The third kappa shape index (κ3) is 4.96. The fraction of sp³-hybridized carbons (Fsp3) is 0.235. The van der Waals surface area contributed by atoms with Gasteiger partial charge in [0.2, 0.25) is 0 Å². The smallest absolute Gasteiger partial charge is 0.410 e. The summed E-state index contributed by atoms with van der Waals surface area (Å²) in [6.45, 7) is 0.767. The first-order valence-electron chi connectivity index (χ1n) is 8.15. The highest BCUT2D eigenvalue weighted by atomic mass is 32.2. The van der Waals surface area contributed by atoms with Crippen molar-refractivity contribution in [2.75, 3.05) is 13.2 Å². The van der Waals surface area contributed by atoms with E-state index in [1.807, 2.05) is 0 Å². The van der Waals surface area contributed by atoms with Gasteiger partial charge in [0.25, 0.3) is 11.4 Å². The SMILES string of the molecule is O=C1OC(COSc2ccc([N+](=O)[O-])cc2)CN1Cc1ccc([N+](=O)[O-])cc1. The monoisotopic (exact) mass is 405 g/mol. The number of carbonyl (C=O) groups is 1. The lowest BCUT2D eigenvalue weighted by Gasteiger charge is -2.12. The van der Waals surface area contributed by atoms with Gasteiger partial charge in [-0.15, -0.1) is 0 Å². The summed E-state index contributed by atoms with van der Waals surface area (Å²) in [5, 5.41) is 21.3. The van der Waals surface area contributed by atoms with Crippen molar-refractivity contribution in [3.8, 4) is 0 Å². The summed E-state index contributed by atoms with van der Waals surface area (Å²) in [6, 6.07) is 11.9. The lowest BCUT2D eigenvalue weighted by molar-refractivity contribution is -0.385. The molecule has 1 unspecified atom stereocenters. The van der Waals surface area contributed by atoms with Crippen LogP contribution in [0.5, 0.6) is 0 Å². The normalized spacial score (nSPS) is 16.1. The van der Waals surface area contributed by atoms with Crippen molar-refractivity contribution in [1.82, 2.24) is 4.90 Å². The van der Waals surface area contributed by atoms with Crippen molar-refractivity contribution in [3.63, 3.8) is 0 Å². The highest BCUT2D eigenvalue weighted by molar-refractivity contribution is 7.94. The number of carbonyl (C=O) groups excluding carboxylic acids is 1. The molecule has 1 atom stereocenters. The lowest BCUT2D eigenvalue weighted by Crippen LogP contribution is -2.25. The van der Waals surface area contributed by atoms with E-state index in [1.165, 1.54) is 29.2 Å². The number of nitrogens with zero attached hydrogens (tertiary/aromatic N) is 3. The topological polar surface area (TPSA) is 125 Å². The fourth-order valence-electron chi connectivity index (χ4n) is 2.54. The molecule has 1 fully saturated rings. The van der Waals surface area contributed by atoms with Crippen molar-refractivity contribution in [2.45, 2.75) is 17.5 Å². The van der Waals surface area contributed by atoms with Crippen molar-refractivity contribution in [1.29, 1.82) is 0 Å². The van der Waals surface area contributed by atoms with Gasteiger partial charge in [-0.2, -0.15) is 0 Å². The standard InChI is InChI=1S/C17H15N3O7S/c21-17-18(9-12-1-3-13(4-2-12)19(22)23)10-15(27-17)11-26-28-16-7-5-14(6-8-16)20(24)25/h1-8,15H,9-11H2. The van der Waals surface area contributed by atoms with Gasteiger partial charge >= 0.3 is 6.09 Å². The van der Waals surface area contributed by atoms with E-state index in [0.717, 1.165) is 17.6 Å². The first kappa shape index (κ1) is 19.6. The summed E-state index contributed by atoms with van der Waals surface area (Å²) in [5.41, 5.74) is 0.739. The van der Waals surface area contributed by atoms with Crippen LogP contribution in [0.2, 0.25) is 0 Å². The van der Waals surface area contributed by atoms with E-state index in [9.17, 15) is 25.0 Å². The Labute approximate surface area is 163 Å². The highest BCUT2D eigenvalue weighted by Crippen LogP contribution is 2.24. The molecule has 1 aliphatic rings. The van der Waals surface area contributed by atoms with Crippen LogP contribution in [0.25, 0.3) is 0 Å². The zero-order valence-corrected chi connectivity index (χ0v) is 15.2. The predicted octanol–water partition coefficient (Wildman–Crippen LogP) is 3.55. The molecule has 1 saturated heterocycles. The maximum atomic E-state index is 12.0. The van der Waals surface area contributed by atoms with Gasteiger partial charge < -0.3 is 13.8 Å². The number of nitro benzene ring substituents is 2. The average molecular weight is 405 g/mol. The molecule has 1 amide bonds. The minimum absolute atomic E-state index is 0.00374. The molecule has 146 valence electrons. The summed E-state index contributed by atoms with van der Waals surface area (Å²) < 4.78 is 10.7. The second-order valence-corrected chi connectivity index (χ2v) is 6.80. The van der Waals surface area contributed by atoms with E-state index < -0.39 is 22.0 Å². The van der Waals surface area contributed by atoms with Crippen molar-refractivity contribution in [3.05, 3.63) is 74.3 Å². The minimum Gasteiger partial charge on any atom is -0.442 e. The summed E-state index contributed by atoms with van der Waals surface area (Å²) >= 11 is 1.04. The molecular formula is C17H15N3O7S. The Hall–Kier alpha value is -3.18. The summed E-state index contributed by atoms with van der Waals surface area (Å²) in [4.78, 5) is 34.5. The van der Waals surface area contributed by atoms with Crippen LogP contribution in [0.1, 0.15) is 5.56 Å². The van der Waals surface area contributed by atoms with Crippen LogP contribution in [0.15, 0.2) is 53.4 Å². The Balaban J connectivity index is 1.46. The molecule has 3 rings (SSSR count). The number of nitro groups is 2. The molecule has 2 aromatic carbocycles. The minimum atomic E-state index is -0.482. The van der Waals surface area contributed by atoms with Gasteiger partial charge in [-0.3, -0.25) is 20.2 Å². The van der Waals surface area contributed by atoms with E-state index in [0.29, 0.717) is 11.4 Å². The van der Waals surface area contributed by atoms with Crippen LogP contribution in [0.3, 0.4) is 0 Å². The molecule has 0 saturated carbocycles. The summed E-state index contributed by atoms with van der Waals surface area (Å²) in [7, 11) is 0. The number of rotatable bonds is 8. The van der Waals surface area contributed by atoms with Gasteiger partial charge in [0.1, 0.15) is 12.7 Å². The molecule has 0 radical (unpaired) electrons. The van der Waals surface area contributed by atoms with Gasteiger partial charge in [-0.1, -0.05) is 12.1 Å². The van der Waals surface area contributed by atoms with Gasteiger partial charge in [-0.25, -0.2) is 4.79 Å². The molecule has 0 N–H and O–H groups in total. The van der Waals surface area contributed by atoms with E-state index in [1.54, 1.807) is 24.3 Å². The zero-order chi connectivity index (χ0) is 20.1. The molecular weight excluding hydrogens is 390 g/mol. The first-order valence-corrected chi connectivity index (χ1v) is 8.89. The third-order valence-electron chi connectivity index (χ3n) is 3.93. The third-order valence-corrected chi connectivity index (χ3v) is 4.65. The molecule has 11 heteroatoms. The fourth-order valence-corrected chi connectivity index (χ4v) is 3.14. The van der Waals surface area contributed by atoms with Gasteiger partial charge in [-0.05, 0) is 17.7 Å². The number of ether oxygens (including phenoxy) is 1. The molecule has 10 nitrogen and oxygen atoms in total. The van der Waals surface area contributed by atoms with E-state index in [2.05, 4.69) is 0 Å². The van der Waals surface area contributed by atoms with Crippen molar-refractivity contribution >= 4 is 29.5 Å². The summed E-state index contributed by atoms with van der Waals surface area (Å²) in [5.74, 6) is 0. The molecule has 1 heterocycles. The maximum absolute atomic E-state index is 12.0. The Morgan fingerprint density at radius 3 is 2.18 bits per heavy atom. The number of amides is 1. The molecule has 0 bridgehead atoms. The largest absolute Gasteiger partial charge is 0.442 e. The van der Waals surface area contributed by atoms with Crippen LogP contribution in [0.4, 0.5) is 16.2 Å². The van der Waals surface area contributed by atoms with E-state index in [4.69, 9.17) is 8.92 Å². The first-order chi connectivity index (χ1) is 13.4. The maximum Gasteiger partial charge on any atom is 0.410 e. The highest BCUT2D eigenvalue weighted by Gasteiger charge is 2.31.